The van der Waals surface area contributed by atoms with Gasteiger partial charge in [0.05, 0.1) is 0 Å². The Kier molecular flexibility index (Phi) is 5.13. The first-order chi connectivity index (χ1) is 11.1. The molecule has 2 fully saturated rings. The van der Waals surface area contributed by atoms with E-state index in [9.17, 15) is 13.6 Å². The number of rotatable bonds is 3. The molecule has 2 amide bonds. The average Bonchev–Trinajstić information content (AvgIpc) is 3.08. The van der Waals surface area contributed by atoms with Gasteiger partial charge >= 0.3 is 6.03 Å². The quantitative estimate of drug-likeness (QED) is 0.830. The van der Waals surface area contributed by atoms with Gasteiger partial charge in [0, 0.05) is 31.7 Å². The molecule has 0 aromatic heterocycles. The lowest BCUT2D eigenvalue weighted by Crippen LogP contribution is -2.46. The van der Waals surface area contributed by atoms with Crippen LogP contribution >= 0.6 is 0 Å². The van der Waals surface area contributed by atoms with Crippen molar-refractivity contribution in [1.82, 2.24) is 9.80 Å². The molecule has 0 spiro atoms. The van der Waals surface area contributed by atoms with Gasteiger partial charge < -0.3 is 9.80 Å². The molecule has 3 rings (SSSR count). The van der Waals surface area contributed by atoms with Crippen LogP contribution in [0.25, 0.3) is 0 Å². The van der Waals surface area contributed by atoms with Gasteiger partial charge in [-0.2, -0.15) is 0 Å². The maximum absolute atomic E-state index is 13.7. The van der Waals surface area contributed by atoms with Crippen LogP contribution in [0.1, 0.15) is 37.7 Å². The van der Waals surface area contributed by atoms with Gasteiger partial charge in [0.1, 0.15) is 11.6 Å². The minimum Gasteiger partial charge on any atom is -0.325 e. The van der Waals surface area contributed by atoms with Crippen molar-refractivity contribution in [3.8, 4) is 0 Å². The molecular formula is C18H24F2N2O. The van der Waals surface area contributed by atoms with Gasteiger partial charge in [-0.05, 0) is 56.6 Å². The number of urea groups is 1. The summed E-state index contributed by atoms with van der Waals surface area (Å²) >= 11 is 0. The minimum absolute atomic E-state index is 0.143. The predicted octanol–water partition coefficient (Wildman–Crippen LogP) is 3.83. The Bertz CT molecular complexity index is 538. The normalized spacial score (nSPS) is 21.7. The number of carbonyl (C=O) groups excluding carboxylic acids is 1. The Morgan fingerprint density at radius 3 is 2.39 bits per heavy atom. The Hall–Kier alpha value is -1.65. The van der Waals surface area contributed by atoms with Crippen molar-refractivity contribution >= 4 is 6.03 Å². The lowest BCUT2D eigenvalue weighted by Gasteiger charge is -2.35. The van der Waals surface area contributed by atoms with Crippen LogP contribution in [0.4, 0.5) is 13.6 Å². The van der Waals surface area contributed by atoms with E-state index in [-0.39, 0.29) is 11.6 Å². The number of halogens is 2. The summed E-state index contributed by atoms with van der Waals surface area (Å²) < 4.78 is 27.4. The van der Waals surface area contributed by atoms with Crippen LogP contribution in [0.5, 0.6) is 0 Å². The fourth-order valence-corrected chi connectivity index (χ4v) is 3.70. The molecule has 2 saturated heterocycles. The largest absolute Gasteiger partial charge is 0.325 e. The molecule has 1 atom stereocenters. The Morgan fingerprint density at radius 1 is 1.04 bits per heavy atom. The van der Waals surface area contributed by atoms with Gasteiger partial charge in [0.2, 0.25) is 0 Å². The van der Waals surface area contributed by atoms with Crippen molar-refractivity contribution in [2.45, 2.75) is 38.5 Å². The molecule has 0 N–H and O–H groups in total. The number of likely N-dealkylation sites (tertiary alicyclic amines) is 2. The summed E-state index contributed by atoms with van der Waals surface area (Å²) in [5.74, 6) is -0.606. The first-order valence-electron chi connectivity index (χ1n) is 8.62. The summed E-state index contributed by atoms with van der Waals surface area (Å²) in [5, 5.41) is 0. The zero-order chi connectivity index (χ0) is 16.2. The molecule has 0 aliphatic carbocycles. The second kappa shape index (κ2) is 7.28. The maximum Gasteiger partial charge on any atom is 0.320 e. The topological polar surface area (TPSA) is 23.6 Å². The zero-order valence-electron chi connectivity index (χ0n) is 13.4. The molecule has 0 radical (unpaired) electrons. The molecule has 0 bridgehead atoms. The lowest BCUT2D eigenvalue weighted by molar-refractivity contribution is 0.133. The summed E-state index contributed by atoms with van der Waals surface area (Å²) in [6, 6.07) is 4.15. The van der Waals surface area contributed by atoms with E-state index in [1.165, 1.54) is 18.2 Å². The highest BCUT2D eigenvalue weighted by atomic mass is 19.1. The number of amides is 2. The Balaban J connectivity index is 1.55. The Labute approximate surface area is 136 Å². The molecule has 2 aliphatic rings. The zero-order valence-corrected chi connectivity index (χ0v) is 13.4. The van der Waals surface area contributed by atoms with Crippen molar-refractivity contribution < 1.29 is 13.6 Å². The molecule has 2 heterocycles. The van der Waals surface area contributed by atoms with Crippen molar-refractivity contribution in [2.24, 2.45) is 5.92 Å². The molecular weight excluding hydrogens is 298 g/mol. The fourth-order valence-electron chi connectivity index (χ4n) is 3.70. The molecule has 3 nitrogen and oxygen atoms in total. The van der Waals surface area contributed by atoms with Crippen molar-refractivity contribution in [3.05, 3.63) is 35.4 Å². The van der Waals surface area contributed by atoms with Crippen LogP contribution < -0.4 is 0 Å². The summed E-state index contributed by atoms with van der Waals surface area (Å²) in [6.07, 6.45) is 5.31. The molecule has 0 unspecified atom stereocenters. The monoisotopic (exact) mass is 322 g/mol. The van der Waals surface area contributed by atoms with Gasteiger partial charge in [-0.3, -0.25) is 0 Å². The van der Waals surface area contributed by atoms with E-state index in [0.29, 0.717) is 18.9 Å². The number of hydrogen-bond acceptors (Lipinski definition) is 1. The average molecular weight is 322 g/mol. The first kappa shape index (κ1) is 16.2. The van der Waals surface area contributed by atoms with Crippen LogP contribution in [0.3, 0.4) is 0 Å². The number of benzene rings is 1. The molecule has 1 aromatic rings. The molecule has 0 saturated carbocycles. The van der Waals surface area contributed by atoms with E-state index in [1.54, 1.807) is 0 Å². The van der Waals surface area contributed by atoms with Crippen LogP contribution in [0.2, 0.25) is 0 Å². The van der Waals surface area contributed by atoms with Crippen LogP contribution in [-0.4, -0.2) is 42.0 Å². The van der Waals surface area contributed by atoms with Crippen molar-refractivity contribution in [3.63, 3.8) is 0 Å². The SMILES string of the molecule is O=C(N1CCCC1)N1CCC[C@@H](CCc2c(F)cccc2F)C1. The lowest BCUT2D eigenvalue weighted by atomic mass is 9.91. The van der Waals surface area contributed by atoms with Crippen LogP contribution in [0, 0.1) is 17.6 Å². The highest BCUT2D eigenvalue weighted by molar-refractivity contribution is 5.74. The van der Waals surface area contributed by atoms with Crippen molar-refractivity contribution in [2.75, 3.05) is 26.2 Å². The third kappa shape index (κ3) is 3.82. The highest BCUT2D eigenvalue weighted by Crippen LogP contribution is 2.25. The molecule has 2 aliphatic heterocycles. The van der Waals surface area contributed by atoms with Gasteiger partial charge in [0.25, 0.3) is 0 Å². The molecule has 23 heavy (non-hydrogen) atoms. The van der Waals surface area contributed by atoms with E-state index in [1.807, 2.05) is 9.80 Å². The molecule has 126 valence electrons. The van der Waals surface area contributed by atoms with E-state index in [2.05, 4.69) is 0 Å². The number of carbonyl (C=O) groups is 1. The number of hydrogen-bond donors (Lipinski definition) is 0. The summed E-state index contributed by atoms with van der Waals surface area (Å²) in [6.45, 7) is 3.24. The maximum atomic E-state index is 13.7. The van der Waals surface area contributed by atoms with E-state index in [0.717, 1.165) is 51.7 Å². The minimum atomic E-state index is -0.467. The van der Waals surface area contributed by atoms with Gasteiger partial charge in [-0.15, -0.1) is 0 Å². The summed E-state index contributed by atoms with van der Waals surface area (Å²) in [7, 11) is 0. The van der Waals surface area contributed by atoms with E-state index < -0.39 is 11.6 Å². The first-order valence-corrected chi connectivity index (χ1v) is 8.62. The standard InChI is InChI=1S/C18H24F2N2O/c19-16-6-3-7-17(20)15(16)9-8-14-5-4-12-22(13-14)18(23)21-10-1-2-11-21/h3,6-7,14H,1-2,4-5,8-13H2/t14-/m0/s1. The smallest absolute Gasteiger partial charge is 0.320 e. The Morgan fingerprint density at radius 2 is 1.70 bits per heavy atom. The summed E-state index contributed by atoms with van der Waals surface area (Å²) in [4.78, 5) is 16.3. The third-order valence-electron chi connectivity index (χ3n) is 5.03. The second-order valence-corrected chi connectivity index (χ2v) is 6.67. The van der Waals surface area contributed by atoms with Gasteiger partial charge in [-0.25, -0.2) is 13.6 Å². The van der Waals surface area contributed by atoms with E-state index >= 15 is 0 Å². The van der Waals surface area contributed by atoms with Crippen LogP contribution in [-0.2, 0) is 6.42 Å². The van der Waals surface area contributed by atoms with E-state index in [4.69, 9.17) is 0 Å². The molecule has 5 heteroatoms. The second-order valence-electron chi connectivity index (χ2n) is 6.67. The van der Waals surface area contributed by atoms with Crippen LogP contribution in [0.15, 0.2) is 18.2 Å². The highest BCUT2D eigenvalue weighted by Gasteiger charge is 2.28. The van der Waals surface area contributed by atoms with Gasteiger partial charge in [0.15, 0.2) is 0 Å². The van der Waals surface area contributed by atoms with Crippen molar-refractivity contribution in [1.29, 1.82) is 0 Å². The number of piperidine rings is 1. The predicted molar refractivity (Wildman–Crippen MR) is 85.2 cm³/mol. The fraction of sp³-hybridized carbons (Fsp3) is 0.611. The number of nitrogens with zero attached hydrogens (tertiary/aromatic N) is 2. The summed E-state index contributed by atoms with van der Waals surface area (Å²) in [5.41, 5.74) is 0.176. The van der Waals surface area contributed by atoms with Gasteiger partial charge in [-0.1, -0.05) is 6.07 Å². The third-order valence-corrected chi connectivity index (χ3v) is 5.03. The molecule has 1 aromatic carbocycles.